The number of carbonyl (C=O) groups is 1. The standard InChI is InChI=1S/C11H15NO2/c1-4-12(2)10-7-5-9(6-8-10)11(13)14-3/h5-8H,4H2,1-3H3. The lowest BCUT2D eigenvalue weighted by molar-refractivity contribution is 0.0601. The van der Waals surface area contributed by atoms with E-state index in [1.807, 2.05) is 19.2 Å². The molecular weight excluding hydrogens is 178 g/mol. The van der Waals surface area contributed by atoms with Crippen molar-refractivity contribution >= 4 is 11.7 Å². The van der Waals surface area contributed by atoms with E-state index in [0.29, 0.717) is 5.56 Å². The van der Waals surface area contributed by atoms with Gasteiger partial charge in [0.1, 0.15) is 0 Å². The minimum Gasteiger partial charge on any atom is -0.465 e. The molecule has 0 fully saturated rings. The zero-order valence-corrected chi connectivity index (χ0v) is 8.78. The van der Waals surface area contributed by atoms with Gasteiger partial charge in [-0.25, -0.2) is 4.79 Å². The van der Waals surface area contributed by atoms with Crippen LogP contribution in [0.3, 0.4) is 0 Å². The van der Waals surface area contributed by atoms with Gasteiger partial charge in [0.15, 0.2) is 0 Å². The van der Waals surface area contributed by atoms with Crippen molar-refractivity contribution in [2.75, 3.05) is 25.6 Å². The van der Waals surface area contributed by atoms with Crippen molar-refractivity contribution in [3.8, 4) is 0 Å². The zero-order chi connectivity index (χ0) is 10.6. The molecule has 14 heavy (non-hydrogen) atoms. The summed E-state index contributed by atoms with van der Waals surface area (Å²) in [7, 11) is 3.39. The first-order valence-electron chi connectivity index (χ1n) is 4.58. The van der Waals surface area contributed by atoms with E-state index in [9.17, 15) is 4.79 Å². The van der Waals surface area contributed by atoms with Gasteiger partial charge in [-0.15, -0.1) is 0 Å². The molecule has 0 aliphatic rings. The average molecular weight is 193 g/mol. The molecule has 3 heteroatoms. The van der Waals surface area contributed by atoms with Crippen molar-refractivity contribution in [2.24, 2.45) is 0 Å². The molecule has 0 spiro atoms. The van der Waals surface area contributed by atoms with Crippen molar-refractivity contribution in [3.63, 3.8) is 0 Å². The Kier molecular flexibility index (Phi) is 3.51. The van der Waals surface area contributed by atoms with Crippen LogP contribution in [0.4, 0.5) is 5.69 Å². The second-order valence-electron chi connectivity index (χ2n) is 3.05. The third-order valence-electron chi connectivity index (χ3n) is 2.20. The lowest BCUT2D eigenvalue weighted by atomic mass is 10.2. The molecule has 0 atom stereocenters. The Morgan fingerprint density at radius 3 is 2.36 bits per heavy atom. The Labute approximate surface area is 84.3 Å². The molecule has 1 aromatic carbocycles. The Morgan fingerprint density at radius 1 is 1.36 bits per heavy atom. The van der Waals surface area contributed by atoms with E-state index < -0.39 is 0 Å². The third-order valence-corrected chi connectivity index (χ3v) is 2.20. The monoisotopic (exact) mass is 193 g/mol. The van der Waals surface area contributed by atoms with Crippen molar-refractivity contribution in [1.82, 2.24) is 0 Å². The highest BCUT2D eigenvalue weighted by Gasteiger charge is 2.04. The number of anilines is 1. The molecular formula is C11H15NO2. The molecule has 1 rings (SSSR count). The highest BCUT2D eigenvalue weighted by atomic mass is 16.5. The molecule has 0 radical (unpaired) electrons. The summed E-state index contributed by atoms with van der Waals surface area (Å²) >= 11 is 0. The van der Waals surface area contributed by atoms with Crippen LogP contribution in [0.25, 0.3) is 0 Å². The smallest absolute Gasteiger partial charge is 0.337 e. The van der Waals surface area contributed by atoms with Gasteiger partial charge in [-0.1, -0.05) is 0 Å². The van der Waals surface area contributed by atoms with Gasteiger partial charge in [-0.05, 0) is 31.2 Å². The Morgan fingerprint density at radius 2 is 1.93 bits per heavy atom. The van der Waals surface area contributed by atoms with Gasteiger partial charge in [0.05, 0.1) is 12.7 Å². The molecule has 3 nitrogen and oxygen atoms in total. The Bertz CT molecular complexity index is 306. The molecule has 0 amide bonds. The molecule has 0 aliphatic carbocycles. The van der Waals surface area contributed by atoms with Crippen LogP contribution in [-0.4, -0.2) is 26.7 Å². The van der Waals surface area contributed by atoms with Crippen molar-refractivity contribution in [1.29, 1.82) is 0 Å². The molecule has 76 valence electrons. The predicted octanol–water partition coefficient (Wildman–Crippen LogP) is 1.93. The first kappa shape index (κ1) is 10.6. The quantitative estimate of drug-likeness (QED) is 0.687. The summed E-state index contributed by atoms with van der Waals surface area (Å²) in [5.74, 6) is -0.296. The largest absolute Gasteiger partial charge is 0.465 e. The number of nitrogens with zero attached hydrogens (tertiary/aromatic N) is 1. The summed E-state index contributed by atoms with van der Waals surface area (Å²) in [5, 5.41) is 0. The molecule has 0 saturated carbocycles. The van der Waals surface area contributed by atoms with E-state index in [4.69, 9.17) is 0 Å². The first-order chi connectivity index (χ1) is 6.69. The number of benzene rings is 1. The van der Waals surface area contributed by atoms with Crippen LogP contribution in [0.1, 0.15) is 17.3 Å². The lowest BCUT2D eigenvalue weighted by Crippen LogP contribution is -2.15. The van der Waals surface area contributed by atoms with Gasteiger partial charge in [0.25, 0.3) is 0 Å². The normalized spacial score (nSPS) is 9.64. The summed E-state index contributed by atoms with van der Waals surface area (Å²) in [5.41, 5.74) is 1.68. The van der Waals surface area contributed by atoms with Crippen LogP contribution in [0, 0.1) is 0 Å². The van der Waals surface area contributed by atoms with E-state index in [-0.39, 0.29) is 5.97 Å². The molecule has 0 aromatic heterocycles. The van der Waals surface area contributed by atoms with Crippen LogP contribution >= 0.6 is 0 Å². The number of methoxy groups -OCH3 is 1. The van der Waals surface area contributed by atoms with Gasteiger partial charge in [0.2, 0.25) is 0 Å². The number of rotatable bonds is 3. The van der Waals surface area contributed by atoms with Gasteiger partial charge in [0, 0.05) is 19.3 Å². The van der Waals surface area contributed by atoms with E-state index >= 15 is 0 Å². The van der Waals surface area contributed by atoms with Crippen molar-refractivity contribution in [3.05, 3.63) is 29.8 Å². The molecule has 0 saturated heterocycles. The van der Waals surface area contributed by atoms with Gasteiger partial charge >= 0.3 is 5.97 Å². The van der Waals surface area contributed by atoms with Crippen LogP contribution in [-0.2, 0) is 4.74 Å². The Balaban J connectivity index is 2.83. The molecule has 0 heterocycles. The number of esters is 1. The lowest BCUT2D eigenvalue weighted by Gasteiger charge is -2.16. The predicted molar refractivity (Wildman–Crippen MR) is 56.7 cm³/mol. The maximum atomic E-state index is 11.1. The summed E-state index contributed by atoms with van der Waals surface area (Å²) < 4.78 is 4.61. The summed E-state index contributed by atoms with van der Waals surface area (Å²) in [6.07, 6.45) is 0. The van der Waals surface area contributed by atoms with Crippen LogP contribution in [0.2, 0.25) is 0 Å². The second kappa shape index (κ2) is 4.65. The fourth-order valence-electron chi connectivity index (χ4n) is 1.15. The van der Waals surface area contributed by atoms with Crippen LogP contribution < -0.4 is 4.90 Å². The number of hydrogen-bond donors (Lipinski definition) is 0. The van der Waals surface area contributed by atoms with Gasteiger partial charge < -0.3 is 9.64 Å². The summed E-state index contributed by atoms with van der Waals surface area (Å²) in [4.78, 5) is 13.2. The topological polar surface area (TPSA) is 29.5 Å². The van der Waals surface area contributed by atoms with E-state index in [2.05, 4.69) is 16.6 Å². The highest BCUT2D eigenvalue weighted by Crippen LogP contribution is 2.13. The summed E-state index contributed by atoms with van der Waals surface area (Å²) in [6.45, 7) is 3.02. The maximum absolute atomic E-state index is 11.1. The minimum atomic E-state index is -0.296. The van der Waals surface area contributed by atoms with Gasteiger partial charge in [-0.2, -0.15) is 0 Å². The van der Waals surface area contributed by atoms with E-state index in [1.54, 1.807) is 12.1 Å². The Hall–Kier alpha value is -1.51. The van der Waals surface area contributed by atoms with E-state index in [0.717, 1.165) is 12.2 Å². The molecule has 1 aromatic rings. The average Bonchev–Trinajstić information content (AvgIpc) is 2.27. The minimum absolute atomic E-state index is 0.296. The maximum Gasteiger partial charge on any atom is 0.337 e. The van der Waals surface area contributed by atoms with Crippen molar-refractivity contribution < 1.29 is 9.53 Å². The number of hydrogen-bond acceptors (Lipinski definition) is 3. The number of ether oxygens (including phenoxy) is 1. The van der Waals surface area contributed by atoms with Gasteiger partial charge in [-0.3, -0.25) is 0 Å². The van der Waals surface area contributed by atoms with Crippen LogP contribution in [0.5, 0.6) is 0 Å². The van der Waals surface area contributed by atoms with Crippen molar-refractivity contribution in [2.45, 2.75) is 6.92 Å². The number of carbonyl (C=O) groups excluding carboxylic acids is 1. The molecule has 0 N–H and O–H groups in total. The summed E-state index contributed by atoms with van der Waals surface area (Å²) in [6, 6.07) is 7.37. The first-order valence-corrected chi connectivity index (χ1v) is 4.58. The second-order valence-corrected chi connectivity index (χ2v) is 3.05. The fourth-order valence-corrected chi connectivity index (χ4v) is 1.15. The third kappa shape index (κ3) is 2.25. The van der Waals surface area contributed by atoms with E-state index in [1.165, 1.54) is 7.11 Å². The molecule has 0 bridgehead atoms. The highest BCUT2D eigenvalue weighted by molar-refractivity contribution is 5.89. The molecule has 0 aliphatic heterocycles. The zero-order valence-electron chi connectivity index (χ0n) is 8.78. The fraction of sp³-hybridized carbons (Fsp3) is 0.364. The van der Waals surface area contributed by atoms with Crippen LogP contribution in [0.15, 0.2) is 24.3 Å². The molecule has 0 unspecified atom stereocenters. The SMILES string of the molecule is CCN(C)c1ccc(C(=O)OC)cc1.